The van der Waals surface area contributed by atoms with Crippen LogP contribution in [0.2, 0.25) is 0 Å². The number of nitrogens with zero attached hydrogens (tertiary/aromatic N) is 1. The quantitative estimate of drug-likeness (QED) is 0.920. The summed E-state index contributed by atoms with van der Waals surface area (Å²) in [4.78, 5) is 14.0. The van der Waals surface area contributed by atoms with Crippen LogP contribution in [0.1, 0.15) is 31.7 Å². The Kier molecular flexibility index (Phi) is 5.41. The Hall–Kier alpha value is -1.55. The molecular formula is C16H23NO3. The molecule has 0 bridgehead atoms. The number of piperidine rings is 1. The van der Waals surface area contributed by atoms with Crippen molar-refractivity contribution >= 4 is 6.09 Å². The summed E-state index contributed by atoms with van der Waals surface area (Å²) >= 11 is 0. The lowest BCUT2D eigenvalue weighted by Crippen LogP contribution is -2.48. The molecule has 2 rings (SSSR count). The van der Waals surface area contributed by atoms with Crippen LogP contribution in [-0.4, -0.2) is 35.3 Å². The van der Waals surface area contributed by atoms with E-state index in [1.54, 1.807) is 4.90 Å². The Labute approximate surface area is 120 Å². The summed E-state index contributed by atoms with van der Waals surface area (Å²) in [7, 11) is 0. The van der Waals surface area contributed by atoms with Gasteiger partial charge in [0.15, 0.2) is 0 Å². The van der Waals surface area contributed by atoms with Gasteiger partial charge in [0.25, 0.3) is 0 Å². The van der Waals surface area contributed by atoms with E-state index in [0.29, 0.717) is 18.9 Å². The van der Waals surface area contributed by atoms with Crippen molar-refractivity contribution in [3.05, 3.63) is 35.9 Å². The third-order valence-electron chi connectivity index (χ3n) is 3.98. The zero-order valence-corrected chi connectivity index (χ0v) is 12.0. The van der Waals surface area contributed by atoms with Gasteiger partial charge in [-0.05, 0) is 30.7 Å². The van der Waals surface area contributed by atoms with E-state index >= 15 is 0 Å². The first-order valence-electron chi connectivity index (χ1n) is 7.30. The van der Waals surface area contributed by atoms with Crippen molar-refractivity contribution in [2.75, 3.05) is 13.2 Å². The van der Waals surface area contributed by atoms with Crippen molar-refractivity contribution in [3.8, 4) is 0 Å². The molecule has 0 saturated carbocycles. The molecule has 1 amide bonds. The molecule has 20 heavy (non-hydrogen) atoms. The van der Waals surface area contributed by atoms with Gasteiger partial charge in [-0.3, -0.25) is 0 Å². The molecule has 4 heteroatoms. The van der Waals surface area contributed by atoms with E-state index in [1.807, 2.05) is 30.3 Å². The average Bonchev–Trinajstić information content (AvgIpc) is 2.48. The molecule has 1 aromatic rings. The van der Waals surface area contributed by atoms with Gasteiger partial charge in [-0.2, -0.15) is 0 Å². The van der Waals surface area contributed by atoms with Crippen LogP contribution in [0.4, 0.5) is 4.79 Å². The first-order valence-corrected chi connectivity index (χ1v) is 7.30. The number of hydrogen-bond acceptors (Lipinski definition) is 3. The van der Waals surface area contributed by atoms with Crippen molar-refractivity contribution in [2.45, 2.75) is 38.8 Å². The minimum atomic E-state index is -0.265. The molecular weight excluding hydrogens is 254 g/mol. The summed E-state index contributed by atoms with van der Waals surface area (Å²) < 4.78 is 5.40. The van der Waals surface area contributed by atoms with Gasteiger partial charge in [0.05, 0.1) is 0 Å². The van der Waals surface area contributed by atoms with Crippen LogP contribution in [0.5, 0.6) is 0 Å². The standard InChI is InChI=1S/C16H23NO3/c1-13-6-5-10-17(15(13)9-11-18)16(19)20-12-14-7-3-2-4-8-14/h2-4,7-8,13,15,18H,5-6,9-12H2,1H3. The number of carbonyl (C=O) groups excluding carboxylic acids is 1. The lowest BCUT2D eigenvalue weighted by Gasteiger charge is -2.39. The van der Waals surface area contributed by atoms with Gasteiger partial charge in [-0.15, -0.1) is 0 Å². The fraction of sp³-hybridized carbons (Fsp3) is 0.562. The molecule has 1 fully saturated rings. The second-order valence-corrected chi connectivity index (χ2v) is 5.43. The van der Waals surface area contributed by atoms with Gasteiger partial charge < -0.3 is 14.7 Å². The van der Waals surface area contributed by atoms with E-state index in [-0.39, 0.29) is 18.7 Å². The highest BCUT2D eigenvalue weighted by molar-refractivity contribution is 5.68. The lowest BCUT2D eigenvalue weighted by molar-refractivity contribution is 0.0434. The van der Waals surface area contributed by atoms with Gasteiger partial charge in [-0.1, -0.05) is 37.3 Å². The second-order valence-electron chi connectivity index (χ2n) is 5.43. The Balaban J connectivity index is 1.92. The molecule has 1 N–H and O–H groups in total. The fourth-order valence-electron chi connectivity index (χ4n) is 2.85. The minimum Gasteiger partial charge on any atom is -0.445 e. The Morgan fingerprint density at radius 1 is 1.40 bits per heavy atom. The van der Waals surface area contributed by atoms with Crippen LogP contribution >= 0.6 is 0 Å². The van der Waals surface area contributed by atoms with Gasteiger partial charge in [0.2, 0.25) is 0 Å². The van der Waals surface area contributed by atoms with Gasteiger partial charge in [0, 0.05) is 19.2 Å². The predicted octanol–water partition coefficient (Wildman–Crippen LogP) is 2.81. The Morgan fingerprint density at radius 3 is 2.85 bits per heavy atom. The van der Waals surface area contributed by atoms with Gasteiger partial charge in [-0.25, -0.2) is 4.79 Å². The molecule has 110 valence electrons. The van der Waals surface area contributed by atoms with E-state index in [0.717, 1.165) is 24.9 Å². The van der Waals surface area contributed by atoms with E-state index in [4.69, 9.17) is 9.84 Å². The topological polar surface area (TPSA) is 49.8 Å². The number of aliphatic hydroxyl groups excluding tert-OH is 1. The van der Waals surface area contributed by atoms with Gasteiger partial charge >= 0.3 is 6.09 Å². The maximum Gasteiger partial charge on any atom is 0.410 e. The highest BCUT2D eigenvalue weighted by Crippen LogP contribution is 2.26. The molecule has 2 unspecified atom stereocenters. The molecule has 1 aliphatic heterocycles. The molecule has 2 atom stereocenters. The van der Waals surface area contributed by atoms with Crippen LogP contribution in [-0.2, 0) is 11.3 Å². The molecule has 1 aromatic carbocycles. The average molecular weight is 277 g/mol. The number of ether oxygens (including phenoxy) is 1. The van der Waals surface area contributed by atoms with Crippen molar-refractivity contribution in [2.24, 2.45) is 5.92 Å². The smallest absolute Gasteiger partial charge is 0.410 e. The highest BCUT2D eigenvalue weighted by Gasteiger charge is 2.32. The lowest BCUT2D eigenvalue weighted by atomic mass is 9.89. The number of hydrogen-bond donors (Lipinski definition) is 1. The van der Waals surface area contributed by atoms with Crippen LogP contribution in [0.25, 0.3) is 0 Å². The third kappa shape index (κ3) is 3.73. The monoisotopic (exact) mass is 277 g/mol. The summed E-state index contributed by atoms with van der Waals surface area (Å²) in [6.07, 6.45) is 2.47. The Morgan fingerprint density at radius 2 is 2.15 bits per heavy atom. The molecule has 1 saturated heterocycles. The maximum absolute atomic E-state index is 12.2. The summed E-state index contributed by atoms with van der Waals surface area (Å²) in [5.41, 5.74) is 0.990. The van der Waals surface area contributed by atoms with Crippen LogP contribution in [0.15, 0.2) is 30.3 Å². The van der Waals surface area contributed by atoms with E-state index in [9.17, 15) is 4.79 Å². The van der Waals surface area contributed by atoms with Gasteiger partial charge in [0.1, 0.15) is 6.61 Å². The number of likely N-dealkylation sites (tertiary alicyclic amines) is 1. The van der Waals surface area contributed by atoms with E-state index in [2.05, 4.69) is 6.92 Å². The number of rotatable bonds is 4. The number of amides is 1. The maximum atomic E-state index is 12.2. The fourth-order valence-corrected chi connectivity index (χ4v) is 2.85. The SMILES string of the molecule is CC1CCCN(C(=O)OCc2ccccc2)C1CCO. The van der Waals surface area contributed by atoms with E-state index < -0.39 is 0 Å². The zero-order valence-electron chi connectivity index (χ0n) is 12.0. The van der Waals surface area contributed by atoms with Crippen molar-refractivity contribution in [1.29, 1.82) is 0 Å². The number of carbonyl (C=O) groups is 1. The molecule has 4 nitrogen and oxygen atoms in total. The van der Waals surface area contributed by atoms with Crippen LogP contribution in [0, 0.1) is 5.92 Å². The molecule has 0 aliphatic carbocycles. The van der Waals surface area contributed by atoms with Crippen molar-refractivity contribution < 1.29 is 14.6 Å². The molecule has 1 heterocycles. The predicted molar refractivity (Wildman–Crippen MR) is 77.2 cm³/mol. The molecule has 0 spiro atoms. The third-order valence-corrected chi connectivity index (χ3v) is 3.98. The molecule has 0 radical (unpaired) electrons. The van der Waals surface area contributed by atoms with Crippen LogP contribution in [0.3, 0.4) is 0 Å². The molecule has 0 aromatic heterocycles. The highest BCUT2D eigenvalue weighted by atomic mass is 16.6. The molecule has 1 aliphatic rings. The normalized spacial score (nSPS) is 22.6. The first kappa shape index (κ1) is 14.9. The number of aliphatic hydroxyl groups is 1. The Bertz CT molecular complexity index is 421. The minimum absolute atomic E-state index is 0.0945. The second kappa shape index (κ2) is 7.29. The van der Waals surface area contributed by atoms with Crippen LogP contribution < -0.4 is 0 Å². The van der Waals surface area contributed by atoms with Crippen molar-refractivity contribution in [3.63, 3.8) is 0 Å². The van der Waals surface area contributed by atoms with E-state index in [1.165, 1.54) is 0 Å². The largest absolute Gasteiger partial charge is 0.445 e. The number of benzene rings is 1. The first-order chi connectivity index (χ1) is 9.72. The van der Waals surface area contributed by atoms with Crippen molar-refractivity contribution in [1.82, 2.24) is 4.90 Å². The summed E-state index contributed by atoms with van der Waals surface area (Å²) in [5, 5.41) is 9.16. The summed E-state index contributed by atoms with van der Waals surface area (Å²) in [6, 6.07) is 9.78. The zero-order chi connectivity index (χ0) is 14.4. The summed E-state index contributed by atoms with van der Waals surface area (Å²) in [6.45, 7) is 3.27. The summed E-state index contributed by atoms with van der Waals surface area (Å²) in [5.74, 6) is 0.417.